The van der Waals surface area contributed by atoms with E-state index in [9.17, 15) is 19.8 Å². The van der Waals surface area contributed by atoms with Gasteiger partial charge in [-0.3, -0.25) is 4.79 Å². The minimum atomic E-state index is -1.56. The molecule has 0 aromatic carbocycles. The highest BCUT2D eigenvalue weighted by atomic mass is 16.7. The van der Waals surface area contributed by atoms with Crippen molar-refractivity contribution < 1.29 is 29.6 Å². The van der Waals surface area contributed by atoms with Crippen LogP contribution in [0, 0.1) is 0 Å². The van der Waals surface area contributed by atoms with Crippen molar-refractivity contribution in [3.05, 3.63) is 0 Å². The summed E-state index contributed by atoms with van der Waals surface area (Å²) in [6.07, 6.45) is 9.70. The molecule has 25 heavy (non-hydrogen) atoms. The van der Waals surface area contributed by atoms with E-state index in [1.807, 2.05) is 0 Å². The minimum Gasteiger partial charge on any atom is -0.449 e. The normalized spacial score (nSPS) is 13.4. The van der Waals surface area contributed by atoms with Gasteiger partial charge in [-0.1, -0.05) is 71.1 Å². The van der Waals surface area contributed by atoms with Crippen molar-refractivity contribution in [2.45, 2.75) is 109 Å². The zero-order chi connectivity index (χ0) is 18.9. The van der Waals surface area contributed by atoms with Crippen molar-refractivity contribution >= 4 is 12.1 Å². The summed E-state index contributed by atoms with van der Waals surface area (Å²) in [5.41, 5.74) is 0. The Hall–Kier alpha value is -1.14. The molecule has 2 atom stereocenters. The first kappa shape index (κ1) is 23.9. The smallest absolute Gasteiger partial charge is 0.449 e. The highest BCUT2D eigenvalue weighted by molar-refractivity contribution is 5.80. The Kier molecular flexibility index (Phi) is 15.6. The van der Waals surface area contributed by atoms with Crippen LogP contribution in [0.2, 0.25) is 0 Å². The lowest BCUT2D eigenvalue weighted by Gasteiger charge is -2.17. The van der Waals surface area contributed by atoms with Gasteiger partial charge in [0.1, 0.15) is 0 Å². The average molecular weight is 360 g/mol. The summed E-state index contributed by atoms with van der Waals surface area (Å²) in [6, 6.07) is 0. The molecule has 0 aromatic heterocycles. The van der Waals surface area contributed by atoms with E-state index >= 15 is 0 Å². The van der Waals surface area contributed by atoms with E-state index < -0.39 is 24.3 Å². The SMILES string of the molecule is CCCCCCCCC(O)C(O)CCCCCCCC(=O)OC(=O)O. The number of ether oxygens (including phenoxy) is 1. The Bertz CT molecular complexity index is 345. The van der Waals surface area contributed by atoms with Gasteiger partial charge in [0.2, 0.25) is 0 Å². The average Bonchev–Trinajstić information content (AvgIpc) is 2.56. The number of carboxylic acid groups (broad SMARTS) is 1. The zero-order valence-electron chi connectivity index (χ0n) is 15.6. The van der Waals surface area contributed by atoms with Crippen molar-refractivity contribution in [2.24, 2.45) is 0 Å². The van der Waals surface area contributed by atoms with Gasteiger partial charge in [0, 0.05) is 6.42 Å². The van der Waals surface area contributed by atoms with Gasteiger partial charge in [0.05, 0.1) is 12.2 Å². The summed E-state index contributed by atoms with van der Waals surface area (Å²) in [4.78, 5) is 21.1. The van der Waals surface area contributed by atoms with Gasteiger partial charge in [-0.25, -0.2) is 4.79 Å². The van der Waals surface area contributed by atoms with Crippen molar-refractivity contribution in [2.75, 3.05) is 0 Å². The quantitative estimate of drug-likeness (QED) is 0.214. The number of aliphatic hydroxyl groups is 2. The second-order valence-electron chi connectivity index (χ2n) is 6.74. The fourth-order valence-electron chi connectivity index (χ4n) is 2.82. The molecular formula is C19H36O6. The molecule has 0 heterocycles. The molecule has 148 valence electrons. The van der Waals surface area contributed by atoms with Gasteiger partial charge >= 0.3 is 12.1 Å². The maximum atomic E-state index is 11.0. The van der Waals surface area contributed by atoms with Gasteiger partial charge in [0.15, 0.2) is 0 Å². The molecule has 0 saturated heterocycles. The molecule has 0 amide bonds. The maximum absolute atomic E-state index is 11.0. The lowest BCUT2D eigenvalue weighted by atomic mass is 9.99. The van der Waals surface area contributed by atoms with Gasteiger partial charge in [0.25, 0.3) is 0 Å². The summed E-state index contributed by atoms with van der Waals surface area (Å²) in [5, 5.41) is 28.2. The molecule has 3 N–H and O–H groups in total. The number of carbonyl (C=O) groups excluding carboxylic acids is 1. The first-order valence-corrected chi connectivity index (χ1v) is 9.77. The summed E-state index contributed by atoms with van der Waals surface area (Å²) in [6.45, 7) is 2.19. The molecule has 0 saturated carbocycles. The Morgan fingerprint density at radius 3 is 1.68 bits per heavy atom. The molecular weight excluding hydrogens is 324 g/mol. The van der Waals surface area contributed by atoms with Crippen molar-refractivity contribution in [1.29, 1.82) is 0 Å². The van der Waals surface area contributed by atoms with Gasteiger partial charge in [-0.05, 0) is 19.3 Å². The third-order valence-corrected chi connectivity index (χ3v) is 4.38. The number of aliphatic hydroxyl groups excluding tert-OH is 2. The molecule has 0 aromatic rings. The summed E-state index contributed by atoms with van der Waals surface area (Å²) >= 11 is 0. The highest BCUT2D eigenvalue weighted by Gasteiger charge is 2.15. The van der Waals surface area contributed by atoms with Crippen LogP contribution in [0.4, 0.5) is 4.79 Å². The third kappa shape index (κ3) is 16.1. The molecule has 0 aliphatic rings. The van der Waals surface area contributed by atoms with E-state index in [1.54, 1.807) is 0 Å². The summed E-state index contributed by atoms with van der Waals surface area (Å²) in [5.74, 6) is -0.708. The Labute approximate surface area is 151 Å². The molecule has 0 fully saturated rings. The number of esters is 1. The Morgan fingerprint density at radius 1 is 0.760 bits per heavy atom. The van der Waals surface area contributed by atoms with Crippen LogP contribution < -0.4 is 0 Å². The maximum Gasteiger partial charge on any atom is 0.513 e. The van der Waals surface area contributed by atoms with Gasteiger partial charge in [-0.15, -0.1) is 0 Å². The first-order chi connectivity index (χ1) is 12.0. The largest absolute Gasteiger partial charge is 0.513 e. The number of carbonyl (C=O) groups is 2. The van der Waals surface area contributed by atoms with Gasteiger partial charge < -0.3 is 20.1 Å². The summed E-state index contributed by atoms with van der Waals surface area (Å²) < 4.78 is 4.01. The monoisotopic (exact) mass is 360 g/mol. The number of rotatable bonds is 16. The topological polar surface area (TPSA) is 104 Å². The van der Waals surface area contributed by atoms with Crippen LogP contribution in [0.5, 0.6) is 0 Å². The van der Waals surface area contributed by atoms with E-state index in [1.165, 1.54) is 25.7 Å². The third-order valence-electron chi connectivity index (χ3n) is 4.38. The molecule has 0 radical (unpaired) electrons. The van der Waals surface area contributed by atoms with Crippen LogP contribution in [0.15, 0.2) is 0 Å². The van der Waals surface area contributed by atoms with E-state index in [4.69, 9.17) is 5.11 Å². The highest BCUT2D eigenvalue weighted by Crippen LogP contribution is 2.15. The number of unbranched alkanes of at least 4 members (excludes halogenated alkanes) is 9. The van der Waals surface area contributed by atoms with Crippen molar-refractivity contribution in [3.63, 3.8) is 0 Å². The van der Waals surface area contributed by atoms with E-state index in [0.717, 1.165) is 38.5 Å². The molecule has 2 unspecified atom stereocenters. The number of hydrogen-bond acceptors (Lipinski definition) is 5. The van der Waals surface area contributed by atoms with Crippen LogP contribution in [0.3, 0.4) is 0 Å². The van der Waals surface area contributed by atoms with Crippen LogP contribution in [0.1, 0.15) is 96.8 Å². The van der Waals surface area contributed by atoms with Crippen molar-refractivity contribution in [1.82, 2.24) is 0 Å². The predicted molar refractivity (Wildman–Crippen MR) is 96.4 cm³/mol. The molecule has 0 aliphatic carbocycles. The Morgan fingerprint density at radius 2 is 1.20 bits per heavy atom. The first-order valence-electron chi connectivity index (χ1n) is 9.77. The van der Waals surface area contributed by atoms with Crippen LogP contribution >= 0.6 is 0 Å². The number of hydrogen-bond donors (Lipinski definition) is 3. The molecule has 0 bridgehead atoms. The predicted octanol–water partition coefficient (Wildman–Crippen LogP) is 4.41. The standard InChI is InChI=1S/C19H36O6/c1-2-3-4-5-7-10-13-16(20)17(21)14-11-8-6-9-12-15-18(22)25-19(23)24/h16-17,20-21H,2-15H2,1H3,(H,23,24). The molecule has 0 rings (SSSR count). The van der Waals surface area contributed by atoms with Crippen LogP contribution in [0.25, 0.3) is 0 Å². The second-order valence-corrected chi connectivity index (χ2v) is 6.74. The van der Waals surface area contributed by atoms with Crippen LogP contribution in [-0.4, -0.2) is 39.7 Å². The zero-order valence-corrected chi connectivity index (χ0v) is 15.6. The lowest BCUT2D eigenvalue weighted by molar-refractivity contribution is -0.139. The lowest BCUT2D eigenvalue weighted by Crippen LogP contribution is -2.25. The van der Waals surface area contributed by atoms with Crippen molar-refractivity contribution in [3.8, 4) is 0 Å². The molecule has 0 aliphatic heterocycles. The van der Waals surface area contributed by atoms with E-state index in [0.29, 0.717) is 19.3 Å². The van der Waals surface area contributed by atoms with E-state index in [2.05, 4.69) is 11.7 Å². The van der Waals surface area contributed by atoms with Gasteiger partial charge in [-0.2, -0.15) is 0 Å². The summed E-state index contributed by atoms with van der Waals surface area (Å²) in [7, 11) is 0. The Balaban J connectivity index is 3.45. The van der Waals surface area contributed by atoms with Crippen LogP contribution in [-0.2, 0) is 9.53 Å². The fourth-order valence-corrected chi connectivity index (χ4v) is 2.82. The second kappa shape index (κ2) is 16.3. The van der Waals surface area contributed by atoms with E-state index in [-0.39, 0.29) is 6.42 Å². The molecule has 6 nitrogen and oxygen atoms in total. The fraction of sp³-hybridized carbons (Fsp3) is 0.895. The molecule has 0 spiro atoms. The molecule has 6 heteroatoms. The minimum absolute atomic E-state index is 0.117.